The number of aliphatic carboxylic acids is 1. The maximum absolute atomic E-state index is 13.6. The van der Waals surface area contributed by atoms with Crippen molar-refractivity contribution in [1.82, 2.24) is 19.8 Å². The second-order valence-corrected chi connectivity index (χ2v) is 9.71. The van der Waals surface area contributed by atoms with Crippen LogP contribution < -0.4 is 4.74 Å². The van der Waals surface area contributed by atoms with Crippen LogP contribution in [0.1, 0.15) is 42.8 Å². The molecule has 2 amide bonds. The molecule has 2 aliphatic rings. The summed E-state index contributed by atoms with van der Waals surface area (Å²) in [6.07, 6.45) is 2.04. The number of H-pyrrole nitrogens is 1. The van der Waals surface area contributed by atoms with E-state index >= 15 is 0 Å². The predicted molar refractivity (Wildman–Crippen MR) is 146 cm³/mol. The number of nitrogens with zero attached hydrogens (tertiary/aromatic N) is 3. The monoisotopic (exact) mass is 512 g/mol. The third-order valence-electron chi connectivity index (χ3n) is 6.93. The van der Waals surface area contributed by atoms with Gasteiger partial charge in [0.1, 0.15) is 18.2 Å². The summed E-state index contributed by atoms with van der Waals surface area (Å²) in [6.45, 7) is 5.48. The van der Waals surface area contributed by atoms with E-state index in [2.05, 4.69) is 58.5 Å². The molecule has 0 saturated carbocycles. The summed E-state index contributed by atoms with van der Waals surface area (Å²) < 4.78 is 6.04. The number of hydrogen-bond donors (Lipinski definition) is 2. The molecule has 0 aliphatic carbocycles. The topological polar surface area (TPSA) is 98.8 Å². The molecule has 4 aromatic rings. The molecule has 2 N–H and O–H groups in total. The highest BCUT2D eigenvalue weighted by atomic mass is 16.5. The number of carbonyl (C=O) groups excluding carboxylic acids is 1. The molecule has 1 atom stereocenters. The molecule has 3 aromatic carbocycles. The fraction of sp³-hybridized carbons (Fsp3) is 0.300. The number of likely N-dealkylation sites (tertiary alicyclic amines) is 1. The van der Waals surface area contributed by atoms with Crippen LogP contribution >= 0.6 is 0 Å². The van der Waals surface area contributed by atoms with Crippen LogP contribution in [0.3, 0.4) is 0 Å². The normalized spacial score (nSPS) is 16.7. The number of carboxylic acids is 1. The van der Waals surface area contributed by atoms with Crippen molar-refractivity contribution >= 4 is 23.0 Å². The highest BCUT2D eigenvalue weighted by molar-refractivity contribution is 5.82. The Kier molecular flexibility index (Phi) is 7.31. The number of carbonyl (C=O) groups is 2. The van der Waals surface area contributed by atoms with Crippen LogP contribution in [-0.4, -0.2) is 56.6 Å². The van der Waals surface area contributed by atoms with Gasteiger partial charge in [-0.3, -0.25) is 4.79 Å². The number of aromatic nitrogens is 2. The van der Waals surface area contributed by atoms with E-state index in [1.165, 1.54) is 5.56 Å². The number of amides is 2. The third kappa shape index (κ3) is 5.49. The Morgan fingerprint density at radius 3 is 2.55 bits per heavy atom. The Morgan fingerprint density at radius 1 is 1.03 bits per heavy atom. The highest BCUT2D eigenvalue weighted by Crippen LogP contribution is 2.35. The number of benzene rings is 3. The van der Waals surface area contributed by atoms with E-state index in [4.69, 9.17) is 14.6 Å². The van der Waals surface area contributed by atoms with Gasteiger partial charge in [0.25, 0.3) is 5.97 Å². The minimum absolute atomic E-state index is 0.0996. The molecule has 0 bridgehead atoms. The van der Waals surface area contributed by atoms with E-state index in [9.17, 15) is 4.79 Å². The number of fused-ring (bicyclic) bond motifs is 2. The SMILES string of the molecule is CC(=O)O.Cc1nc2ccc(-c3ccc4c(c3)CN(C(=O)N3CCCC3c3ccccc3)CCO4)cc2[nH]1. The van der Waals surface area contributed by atoms with Crippen LogP contribution in [0.2, 0.25) is 0 Å². The van der Waals surface area contributed by atoms with Crippen molar-refractivity contribution < 1.29 is 19.4 Å². The van der Waals surface area contributed by atoms with Crippen LogP contribution in [0.4, 0.5) is 4.79 Å². The quantitative estimate of drug-likeness (QED) is 0.355. The zero-order chi connectivity index (χ0) is 26.6. The highest BCUT2D eigenvalue weighted by Gasteiger charge is 2.33. The summed E-state index contributed by atoms with van der Waals surface area (Å²) in [5.74, 6) is 0.936. The van der Waals surface area contributed by atoms with Crippen molar-refractivity contribution in [2.24, 2.45) is 0 Å². The summed E-state index contributed by atoms with van der Waals surface area (Å²) in [5.41, 5.74) is 6.47. The van der Waals surface area contributed by atoms with Crippen molar-refractivity contribution in [1.29, 1.82) is 0 Å². The molecular weight excluding hydrogens is 480 g/mol. The number of aryl methyl sites for hydroxylation is 1. The van der Waals surface area contributed by atoms with Crippen molar-refractivity contribution in [2.75, 3.05) is 19.7 Å². The molecule has 6 rings (SSSR count). The molecule has 1 fully saturated rings. The van der Waals surface area contributed by atoms with Crippen LogP contribution in [0.25, 0.3) is 22.2 Å². The summed E-state index contributed by atoms with van der Waals surface area (Å²) >= 11 is 0. The van der Waals surface area contributed by atoms with Gasteiger partial charge in [0.15, 0.2) is 0 Å². The van der Waals surface area contributed by atoms with Crippen molar-refractivity contribution in [2.45, 2.75) is 39.3 Å². The Labute approximate surface area is 221 Å². The molecule has 196 valence electrons. The first-order valence-electron chi connectivity index (χ1n) is 12.9. The molecule has 38 heavy (non-hydrogen) atoms. The van der Waals surface area contributed by atoms with E-state index < -0.39 is 5.97 Å². The molecule has 3 heterocycles. The number of aromatic amines is 1. The number of urea groups is 1. The molecule has 1 saturated heterocycles. The van der Waals surface area contributed by atoms with E-state index in [1.54, 1.807) is 0 Å². The average molecular weight is 513 g/mol. The first kappa shape index (κ1) is 25.3. The van der Waals surface area contributed by atoms with Gasteiger partial charge in [0, 0.05) is 19.0 Å². The lowest BCUT2D eigenvalue weighted by Crippen LogP contribution is -2.43. The van der Waals surface area contributed by atoms with Gasteiger partial charge in [-0.2, -0.15) is 0 Å². The lowest BCUT2D eigenvalue weighted by atomic mass is 10.0. The second kappa shape index (κ2) is 11.0. The van der Waals surface area contributed by atoms with E-state index in [0.29, 0.717) is 19.7 Å². The Balaban J connectivity index is 0.000000689. The number of ether oxygens (including phenoxy) is 1. The number of imidazole rings is 1. The van der Waals surface area contributed by atoms with Gasteiger partial charge in [-0.15, -0.1) is 0 Å². The maximum atomic E-state index is 13.6. The second-order valence-electron chi connectivity index (χ2n) is 9.71. The van der Waals surface area contributed by atoms with Crippen LogP contribution in [0, 0.1) is 6.92 Å². The van der Waals surface area contributed by atoms with Gasteiger partial charge in [-0.05, 0) is 60.7 Å². The average Bonchev–Trinajstić information content (AvgIpc) is 3.48. The van der Waals surface area contributed by atoms with Gasteiger partial charge >= 0.3 is 6.03 Å². The van der Waals surface area contributed by atoms with Gasteiger partial charge < -0.3 is 24.6 Å². The minimum Gasteiger partial charge on any atom is -0.491 e. The molecule has 1 aromatic heterocycles. The van der Waals surface area contributed by atoms with E-state index in [-0.39, 0.29) is 12.1 Å². The lowest BCUT2D eigenvalue weighted by Gasteiger charge is -2.31. The summed E-state index contributed by atoms with van der Waals surface area (Å²) in [7, 11) is 0. The standard InChI is InChI=1S/C28H28N4O2.C2H4O2/c1-19-29-24-11-9-22(17-25(24)30-19)21-10-12-27-23(16-21)18-31(14-15-34-27)28(33)32-13-5-8-26(32)20-6-3-2-4-7-20;1-2(3)4/h2-4,6-7,9-12,16-17,26H,5,8,13-15,18H2,1H3,(H,29,30);1H3,(H,3,4). The number of rotatable bonds is 2. The van der Waals surface area contributed by atoms with Gasteiger partial charge in [0.2, 0.25) is 0 Å². The van der Waals surface area contributed by atoms with Crippen molar-refractivity contribution in [3.63, 3.8) is 0 Å². The number of carboxylic acid groups (broad SMARTS) is 1. The van der Waals surface area contributed by atoms with Crippen molar-refractivity contribution in [3.05, 3.63) is 83.7 Å². The van der Waals surface area contributed by atoms with Crippen molar-refractivity contribution in [3.8, 4) is 16.9 Å². The third-order valence-corrected chi connectivity index (χ3v) is 6.93. The van der Waals surface area contributed by atoms with E-state index in [0.717, 1.165) is 65.6 Å². The number of hydrogen-bond acceptors (Lipinski definition) is 4. The van der Waals surface area contributed by atoms with Crippen LogP contribution in [-0.2, 0) is 11.3 Å². The molecule has 1 unspecified atom stereocenters. The summed E-state index contributed by atoms with van der Waals surface area (Å²) in [6, 6.07) is 23.2. The maximum Gasteiger partial charge on any atom is 0.320 e. The minimum atomic E-state index is -0.833. The fourth-order valence-corrected chi connectivity index (χ4v) is 5.25. The summed E-state index contributed by atoms with van der Waals surface area (Å²) in [5, 5.41) is 7.42. The first-order valence-corrected chi connectivity index (χ1v) is 12.9. The fourth-order valence-electron chi connectivity index (χ4n) is 5.25. The zero-order valence-corrected chi connectivity index (χ0v) is 21.7. The molecule has 8 heteroatoms. The lowest BCUT2D eigenvalue weighted by molar-refractivity contribution is -0.134. The largest absolute Gasteiger partial charge is 0.491 e. The molecular formula is C30H32N4O4. The molecule has 2 aliphatic heterocycles. The molecule has 0 spiro atoms. The Hall–Kier alpha value is -4.33. The number of nitrogens with one attached hydrogen (secondary N) is 1. The predicted octanol–water partition coefficient (Wildman–Crippen LogP) is 5.78. The van der Waals surface area contributed by atoms with Gasteiger partial charge in [-0.1, -0.05) is 42.5 Å². The van der Waals surface area contributed by atoms with Gasteiger partial charge in [0.05, 0.1) is 30.2 Å². The Bertz CT molecular complexity index is 1450. The zero-order valence-electron chi connectivity index (χ0n) is 21.7. The molecule has 0 radical (unpaired) electrons. The molecule has 8 nitrogen and oxygen atoms in total. The van der Waals surface area contributed by atoms with E-state index in [1.807, 2.05) is 34.9 Å². The first-order chi connectivity index (χ1) is 18.4. The van der Waals surface area contributed by atoms with Gasteiger partial charge in [-0.25, -0.2) is 9.78 Å². The summed E-state index contributed by atoms with van der Waals surface area (Å²) in [4.78, 5) is 34.4. The van der Waals surface area contributed by atoms with Crippen LogP contribution in [0.5, 0.6) is 5.75 Å². The Morgan fingerprint density at radius 2 is 1.76 bits per heavy atom. The van der Waals surface area contributed by atoms with Crippen LogP contribution in [0.15, 0.2) is 66.7 Å². The smallest absolute Gasteiger partial charge is 0.320 e.